The van der Waals surface area contributed by atoms with Crippen LogP contribution in [0.2, 0.25) is 0 Å². The second-order valence-corrected chi connectivity index (χ2v) is 3.77. The predicted molar refractivity (Wildman–Crippen MR) is 50.6 cm³/mol. The summed E-state index contributed by atoms with van der Waals surface area (Å²) in [5, 5.41) is 0. The van der Waals surface area contributed by atoms with Crippen LogP contribution in [0.15, 0.2) is 18.3 Å². The molecule has 1 fully saturated rings. The Morgan fingerprint density at radius 1 is 1.54 bits per heavy atom. The maximum Gasteiger partial charge on any atom is 0.140 e. The zero-order valence-corrected chi connectivity index (χ0v) is 8.00. The third kappa shape index (κ3) is 1.17. The highest BCUT2D eigenvalue weighted by Crippen LogP contribution is 2.49. The van der Waals surface area contributed by atoms with E-state index in [1.165, 1.54) is 0 Å². The van der Waals surface area contributed by atoms with Crippen LogP contribution in [0, 0.1) is 6.92 Å². The van der Waals surface area contributed by atoms with Crippen LogP contribution in [0.4, 0.5) is 0 Å². The Morgan fingerprint density at radius 3 is 2.69 bits per heavy atom. The third-order valence-corrected chi connectivity index (χ3v) is 2.95. The van der Waals surface area contributed by atoms with Crippen molar-refractivity contribution in [1.82, 2.24) is 4.98 Å². The summed E-state index contributed by atoms with van der Waals surface area (Å²) in [5.41, 5.74) is 1.95. The highest BCUT2D eigenvalue weighted by Gasteiger charge is 2.49. The quantitative estimate of drug-likeness (QED) is 0.688. The van der Waals surface area contributed by atoms with Crippen LogP contribution >= 0.6 is 0 Å². The molecule has 2 rings (SSSR count). The van der Waals surface area contributed by atoms with E-state index in [9.17, 15) is 4.79 Å². The van der Waals surface area contributed by atoms with Crippen LogP contribution in [-0.4, -0.2) is 10.8 Å². The standard InChI is InChI=1S/C11H13NO/c1-8-10(4-3-7-12-8)11(5-6-11)9(2)13/h3-4,7H,5-6H2,1-2H3. The number of Topliss-reactive ketones (excluding diaryl/α,β-unsaturated/α-hetero) is 1. The zero-order chi connectivity index (χ0) is 9.47. The van der Waals surface area contributed by atoms with Gasteiger partial charge in [-0.3, -0.25) is 9.78 Å². The largest absolute Gasteiger partial charge is 0.299 e. The number of carbonyl (C=O) groups is 1. The molecule has 0 N–H and O–H groups in total. The average molecular weight is 175 g/mol. The minimum Gasteiger partial charge on any atom is -0.299 e. The van der Waals surface area contributed by atoms with E-state index in [1.54, 1.807) is 13.1 Å². The van der Waals surface area contributed by atoms with E-state index in [0.29, 0.717) is 0 Å². The second kappa shape index (κ2) is 2.66. The van der Waals surface area contributed by atoms with Crippen LogP contribution in [-0.2, 0) is 10.2 Å². The summed E-state index contributed by atoms with van der Waals surface area (Å²) in [7, 11) is 0. The second-order valence-electron chi connectivity index (χ2n) is 3.77. The molecule has 0 saturated heterocycles. The zero-order valence-electron chi connectivity index (χ0n) is 8.00. The van der Waals surface area contributed by atoms with E-state index < -0.39 is 0 Å². The molecule has 0 atom stereocenters. The lowest BCUT2D eigenvalue weighted by Crippen LogP contribution is -2.18. The molecule has 2 nitrogen and oxygen atoms in total. The van der Waals surface area contributed by atoms with Crippen LogP contribution in [0.1, 0.15) is 31.0 Å². The van der Waals surface area contributed by atoms with Gasteiger partial charge in [-0.2, -0.15) is 0 Å². The lowest BCUT2D eigenvalue weighted by atomic mass is 9.91. The van der Waals surface area contributed by atoms with Gasteiger partial charge in [0, 0.05) is 11.9 Å². The highest BCUT2D eigenvalue weighted by atomic mass is 16.1. The number of hydrogen-bond acceptors (Lipinski definition) is 2. The lowest BCUT2D eigenvalue weighted by Gasteiger charge is -2.13. The Labute approximate surface area is 78.0 Å². The number of rotatable bonds is 2. The SMILES string of the molecule is CC(=O)C1(c2cccnc2C)CC1. The molecule has 1 aromatic heterocycles. The molecule has 0 aliphatic heterocycles. The molecule has 0 radical (unpaired) electrons. The van der Waals surface area contributed by atoms with Gasteiger partial charge in [0.2, 0.25) is 0 Å². The predicted octanol–water partition coefficient (Wildman–Crippen LogP) is 2.01. The Morgan fingerprint density at radius 2 is 2.23 bits per heavy atom. The first-order valence-corrected chi connectivity index (χ1v) is 4.60. The number of pyridine rings is 1. The summed E-state index contributed by atoms with van der Waals surface area (Å²) >= 11 is 0. The number of hydrogen-bond donors (Lipinski definition) is 0. The van der Waals surface area contributed by atoms with Crippen molar-refractivity contribution in [3.63, 3.8) is 0 Å². The van der Waals surface area contributed by atoms with Gasteiger partial charge in [-0.25, -0.2) is 0 Å². The van der Waals surface area contributed by atoms with Gasteiger partial charge in [-0.15, -0.1) is 0 Å². The summed E-state index contributed by atoms with van der Waals surface area (Å²) < 4.78 is 0. The Hall–Kier alpha value is -1.18. The molecule has 1 aliphatic rings. The molecule has 0 amide bonds. The number of carbonyl (C=O) groups excluding carboxylic acids is 1. The minimum atomic E-state index is -0.168. The van der Waals surface area contributed by atoms with E-state index in [0.717, 1.165) is 24.1 Å². The molecular weight excluding hydrogens is 162 g/mol. The molecule has 68 valence electrons. The molecule has 1 aromatic rings. The van der Waals surface area contributed by atoms with E-state index in [4.69, 9.17) is 0 Å². The van der Waals surface area contributed by atoms with Gasteiger partial charge >= 0.3 is 0 Å². The first-order valence-electron chi connectivity index (χ1n) is 4.60. The Balaban J connectivity index is 2.47. The van der Waals surface area contributed by atoms with Crippen molar-refractivity contribution in [2.75, 3.05) is 0 Å². The first-order chi connectivity index (χ1) is 6.17. The third-order valence-electron chi connectivity index (χ3n) is 2.95. The summed E-state index contributed by atoms with van der Waals surface area (Å²) in [6.07, 6.45) is 3.76. The molecule has 1 saturated carbocycles. The fourth-order valence-corrected chi connectivity index (χ4v) is 1.93. The van der Waals surface area contributed by atoms with Crippen molar-refractivity contribution < 1.29 is 4.79 Å². The highest BCUT2D eigenvalue weighted by molar-refractivity contribution is 5.91. The first kappa shape index (κ1) is 8.42. The number of aryl methyl sites for hydroxylation is 1. The van der Waals surface area contributed by atoms with Crippen molar-refractivity contribution >= 4 is 5.78 Å². The molecule has 0 spiro atoms. The molecule has 13 heavy (non-hydrogen) atoms. The van der Waals surface area contributed by atoms with Gasteiger partial charge in [0.15, 0.2) is 0 Å². The van der Waals surface area contributed by atoms with Crippen molar-refractivity contribution in [2.24, 2.45) is 0 Å². The van der Waals surface area contributed by atoms with Gasteiger partial charge in [-0.1, -0.05) is 6.07 Å². The fourth-order valence-electron chi connectivity index (χ4n) is 1.93. The van der Waals surface area contributed by atoms with Crippen LogP contribution in [0.25, 0.3) is 0 Å². The smallest absolute Gasteiger partial charge is 0.140 e. The van der Waals surface area contributed by atoms with Crippen LogP contribution in [0.3, 0.4) is 0 Å². The van der Waals surface area contributed by atoms with E-state index in [2.05, 4.69) is 4.98 Å². The fraction of sp³-hybridized carbons (Fsp3) is 0.455. The van der Waals surface area contributed by atoms with Crippen molar-refractivity contribution in [1.29, 1.82) is 0 Å². The van der Waals surface area contributed by atoms with Crippen molar-refractivity contribution in [2.45, 2.75) is 32.1 Å². The molecule has 2 heteroatoms. The summed E-state index contributed by atoms with van der Waals surface area (Å²) in [6.45, 7) is 3.65. The monoisotopic (exact) mass is 175 g/mol. The maximum absolute atomic E-state index is 11.5. The normalized spacial score (nSPS) is 18.3. The molecular formula is C11H13NO. The topological polar surface area (TPSA) is 30.0 Å². The molecule has 1 aliphatic carbocycles. The number of ketones is 1. The van der Waals surface area contributed by atoms with E-state index in [-0.39, 0.29) is 11.2 Å². The van der Waals surface area contributed by atoms with Crippen molar-refractivity contribution in [3.05, 3.63) is 29.6 Å². The summed E-state index contributed by atoms with van der Waals surface area (Å²) in [6, 6.07) is 3.93. The maximum atomic E-state index is 11.5. The molecule has 0 unspecified atom stereocenters. The summed E-state index contributed by atoms with van der Waals surface area (Å²) in [4.78, 5) is 15.7. The van der Waals surface area contributed by atoms with Gasteiger partial charge in [-0.05, 0) is 38.3 Å². The Bertz CT molecular complexity index is 353. The van der Waals surface area contributed by atoms with Crippen LogP contribution in [0.5, 0.6) is 0 Å². The van der Waals surface area contributed by atoms with Crippen LogP contribution < -0.4 is 0 Å². The number of nitrogens with zero attached hydrogens (tertiary/aromatic N) is 1. The number of aromatic nitrogens is 1. The lowest BCUT2D eigenvalue weighted by molar-refractivity contribution is -0.119. The summed E-state index contributed by atoms with van der Waals surface area (Å²) in [5.74, 6) is 0.281. The minimum absolute atomic E-state index is 0.168. The van der Waals surface area contributed by atoms with E-state index >= 15 is 0 Å². The Kier molecular flexibility index (Phi) is 1.72. The molecule has 0 aromatic carbocycles. The van der Waals surface area contributed by atoms with Crippen molar-refractivity contribution in [3.8, 4) is 0 Å². The van der Waals surface area contributed by atoms with Gasteiger partial charge < -0.3 is 0 Å². The van der Waals surface area contributed by atoms with Gasteiger partial charge in [0.1, 0.15) is 5.78 Å². The van der Waals surface area contributed by atoms with Gasteiger partial charge in [0.05, 0.1) is 5.41 Å². The molecule has 1 heterocycles. The van der Waals surface area contributed by atoms with E-state index in [1.807, 2.05) is 19.1 Å². The van der Waals surface area contributed by atoms with Gasteiger partial charge in [0.25, 0.3) is 0 Å². The molecule has 0 bridgehead atoms. The average Bonchev–Trinajstić information content (AvgIpc) is 2.85.